The second-order valence-electron chi connectivity index (χ2n) is 8.99. The molecular weight excluding hydrogens is 446 g/mol. The van der Waals surface area contributed by atoms with Crippen molar-refractivity contribution in [2.45, 2.75) is 57.4 Å². The summed E-state index contributed by atoms with van der Waals surface area (Å²) in [6, 6.07) is 12.5. The van der Waals surface area contributed by atoms with E-state index >= 15 is 0 Å². The van der Waals surface area contributed by atoms with Gasteiger partial charge in [0.2, 0.25) is 5.95 Å². The first kappa shape index (κ1) is 21.7. The molecule has 168 valence electrons. The van der Waals surface area contributed by atoms with E-state index in [0.29, 0.717) is 21.9 Å². The maximum atomic E-state index is 13.6. The molecule has 0 radical (unpaired) electrons. The van der Waals surface area contributed by atoms with E-state index in [1.54, 1.807) is 18.2 Å². The molecule has 2 aromatic carbocycles. The van der Waals surface area contributed by atoms with Crippen molar-refractivity contribution in [2.24, 2.45) is 5.92 Å². The number of aromatic nitrogens is 3. The third-order valence-corrected chi connectivity index (χ3v) is 6.85. The number of hydrogen-bond acceptors (Lipinski definition) is 3. The van der Waals surface area contributed by atoms with E-state index < -0.39 is 0 Å². The van der Waals surface area contributed by atoms with Crippen LogP contribution < -0.4 is 4.90 Å². The minimum Gasteiger partial charge on any atom is -0.332 e. The highest BCUT2D eigenvalue weighted by atomic mass is 35.5. The van der Waals surface area contributed by atoms with E-state index in [1.807, 2.05) is 28.9 Å². The maximum absolute atomic E-state index is 13.6. The Balaban J connectivity index is 1.57. The minimum atomic E-state index is -0.211. The Bertz CT molecular complexity index is 1090. The second-order valence-corrected chi connectivity index (χ2v) is 9.84. The van der Waals surface area contributed by atoms with Crippen LogP contribution in [-0.4, -0.2) is 21.3 Å². The number of benzene rings is 2. The molecule has 0 aliphatic heterocycles. The van der Waals surface area contributed by atoms with E-state index in [2.05, 4.69) is 11.8 Å². The van der Waals surface area contributed by atoms with Crippen molar-refractivity contribution in [3.63, 3.8) is 0 Å². The predicted molar refractivity (Wildman–Crippen MR) is 127 cm³/mol. The van der Waals surface area contributed by atoms with Gasteiger partial charge < -0.3 is 4.90 Å². The molecule has 0 saturated heterocycles. The van der Waals surface area contributed by atoms with Gasteiger partial charge >= 0.3 is 0 Å². The molecule has 2 aliphatic rings. The van der Waals surface area contributed by atoms with Gasteiger partial charge in [-0.25, -0.2) is 9.07 Å². The van der Waals surface area contributed by atoms with Gasteiger partial charge in [0.15, 0.2) is 0 Å². The summed E-state index contributed by atoms with van der Waals surface area (Å²) in [5, 5.41) is 6.13. The summed E-state index contributed by atoms with van der Waals surface area (Å²) >= 11 is 12.7. The lowest BCUT2D eigenvalue weighted by Gasteiger charge is -2.31. The van der Waals surface area contributed by atoms with Gasteiger partial charge in [-0.2, -0.15) is 4.98 Å². The van der Waals surface area contributed by atoms with Gasteiger partial charge in [0.25, 0.3) is 0 Å². The molecule has 1 aromatic heterocycles. The molecule has 3 aromatic rings. The van der Waals surface area contributed by atoms with Crippen LogP contribution in [-0.2, 0) is 0 Å². The van der Waals surface area contributed by atoms with Gasteiger partial charge in [-0.1, -0.05) is 55.1 Å². The molecule has 4 nitrogen and oxygen atoms in total. The lowest BCUT2D eigenvalue weighted by molar-refractivity contribution is 0.525. The quantitative estimate of drug-likeness (QED) is 0.326. The summed E-state index contributed by atoms with van der Waals surface area (Å²) in [5.74, 6) is 2.57. The highest BCUT2D eigenvalue weighted by Crippen LogP contribution is 2.44. The average Bonchev–Trinajstić information content (AvgIpc) is 3.71. The van der Waals surface area contributed by atoms with Crippen molar-refractivity contribution in [1.29, 1.82) is 0 Å². The summed E-state index contributed by atoms with van der Waals surface area (Å²) in [5.41, 5.74) is 1.91. The molecule has 32 heavy (non-hydrogen) atoms. The lowest BCUT2D eigenvalue weighted by Crippen LogP contribution is -2.31. The topological polar surface area (TPSA) is 34.0 Å². The highest BCUT2D eigenvalue weighted by molar-refractivity contribution is 6.35. The molecule has 7 heteroatoms. The first-order chi connectivity index (χ1) is 15.5. The van der Waals surface area contributed by atoms with Gasteiger partial charge in [0.05, 0.1) is 16.8 Å². The van der Waals surface area contributed by atoms with Gasteiger partial charge in [-0.05, 0) is 67.5 Å². The summed E-state index contributed by atoms with van der Waals surface area (Å²) in [4.78, 5) is 7.34. The molecule has 1 unspecified atom stereocenters. The van der Waals surface area contributed by atoms with Crippen LogP contribution in [0.3, 0.4) is 0 Å². The Morgan fingerprint density at radius 1 is 1.09 bits per heavy atom. The zero-order chi connectivity index (χ0) is 22.2. The fourth-order valence-electron chi connectivity index (χ4n) is 4.30. The van der Waals surface area contributed by atoms with Gasteiger partial charge in [-0.15, -0.1) is 5.10 Å². The van der Waals surface area contributed by atoms with Crippen LogP contribution in [0.5, 0.6) is 0 Å². The summed E-state index contributed by atoms with van der Waals surface area (Å²) < 4.78 is 15.5. The molecule has 1 atom stereocenters. The number of rotatable bonds is 9. The Hall–Kier alpha value is -2.11. The van der Waals surface area contributed by atoms with Crippen molar-refractivity contribution in [3.8, 4) is 5.69 Å². The zero-order valence-corrected chi connectivity index (χ0v) is 19.7. The summed E-state index contributed by atoms with van der Waals surface area (Å²) in [7, 11) is 0. The highest BCUT2D eigenvalue weighted by Gasteiger charge is 2.35. The van der Waals surface area contributed by atoms with Gasteiger partial charge in [0, 0.05) is 17.5 Å². The maximum Gasteiger partial charge on any atom is 0.245 e. The van der Waals surface area contributed by atoms with Crippen LogP contribution in [0.2, 0.25) is 10.0 Å². The molecule has 0 amide bonds. The van der Waals surface area contributed by atoms with Crippen molar-refractivity contribution in [2.75, 3.05) is 11.4 Å². The van der Waals surface area contributed by atoms with E-state index in [4.69, 9.17) is 33.3 Å². The molecule has 1 heterocycles. The first-order valence-corrected chi connectivity index (χ1v) is 12.2. The Morgan fingerprint density at radius 3 is 2.47 bits per heavy atom. The van der Waals surface area contributed by atoms with Crippen LogP contribution in [0.15, 0.2) is 42.5 Å². The number of hydrogen-bond donors (Lipinski definition) is 0. The first-order valence-electron chi connectivity index (χ1n) is 11.5. The van der Waals surface area contributed by atoms with Crippen LogP contribution in [0, 0.1) is 11.7 Å². The minimum absolute atomic E-state index is 0.117. The van der Waals surface area contributed by atoms with E-state index in [-0.39, 0.29) is 11.9 Å². The Kier molecular flexibility index (Phi) is 6.13. The smallest absolute Gasteiger partial charge is 0.245 e. The predicted octanol–water partition coefficient (Wildman–Crippen LogP) is 7.35. The molecular formula is C25H27Cl2FN4. The summed E-state index contributed by atoms with van der Waals surface area (Å²) in [6.07, 6.45) is 6.74. The molecule has 2 saturated carbocycles. The second kappa shape index (κ2) is 9.03. The standard InChI is InChI=1S/C25H27Cl2FN4/c1-2-13-31(23(14-16-3-4-16)17-7-10-20(28)11-8-17)25-29-24(18-5-6-18)32(30-25)22-12-9-19(26)15-21(22)27/h7-12,15-16,18,23H,2-6,13-14H2,1H3. The molecule has 2 aliphatic carbocycles. The van der Waals surface area contributed by atoms with Gasteiger partial charge in [0.1, 0.15) is 11.6 Å². The van der Waals surface area contributed by atoms with Crippen molar-refractivity contribution < 1.29 is 4.39 Å². The van der Waals surface area contributed by atoms with Crippen LogP contribution >= 0.6 is 23.2 Å². The molecule has 0 bridgehead atoms. The number of nitrogens with zero attached hydrogens (tertiary/aromatic N) is 4. The fraction of sp³-hybridized carbons (Fsp3) is 0.440. The van der Waals surface area contributed by atoms with Crippen LogP contribution in [0.4, 0.5) is 10.3 Å². The van der Waals surface area contributed by atoms with Crippen molar-refractivity contribution >= 4 is 29.2 Å². The SMILES string of the molecule is CCCN(c1nc(C2CC2)n(-c2ccc(Cl)cc2Cl)n1)C(CC1CC1)c1ccc(F)cc1. The third kappa shape index (κ3) is 4.65. The molecule has 2 fully saturated rings. The van der Waals surface area contributed by atoms with Crippen molar-refractivity contribution in [3.05, 3.63) is 69.7 Å². The van der Waals surface area contributed by atoms with E-state index in [9.17, 15) is 4.39 Å². The van der Waals surface area contributed by atoms with E-state index in [0.717, 1.165) is 55.3 Å². The number of anilines is 1. The lowest BCUT2D eigenvalue weighted by atomic mass is 9.99. The fourth-order valence-corrected chi connectivity index (χ4v) is 4.79. The van der Waals surface area contributed by atoms with Crippen LogP contribution in [0.25, 0.3) is 5.69 Å². The zero-order valence-electron chi connectivity index (χ0n) is 18.1. The molecule has 5 rings (SSSR count). The van der Waals surface area contributed by atoms with Crippen LogP contribution in [0.1, 0.15) is 68.8 Å². The average molecular weight is 473 g/mol. The largest absolute Gasteiger partial charge is 0.332 e. The molecule has 0 spiro atoms. The Morgan fingerprint density at radius 2 is 1.84 bits per heavy atom. The van der Waals surface area contributed by atoms with Crippen molar-refractivity contribution in [1.82, 2.24) is 14.8 Å². The van der Waals surface area contributed by atoms with Gasteiger partial charge in [-0.3, -0.25) is 0 Å². The van der Waals surface area contributed by atoms with E-state index in [1.165, 1.54) is 12.8 Å². The molecule has 0 N–H and O–H groups in total. The number of halogens is 3. The normalized spacial score (nSPS) is 16.9. The monoisotopic (exact) mass is 472 g/mol. The summed E-state index contributed by atoms with van der Waals surface area (Å²) in [6.45, 7) is 3.00. The Labute approximate surface area is 198 Å². The third-order valence-electron chi connectivity index (χ3n) is 6.31.